The van der Waals surface area contributed by atoms with E-state index in [-0.39, 0.29) is 11.3 Å². The fourth-order valence-corrected chi connectivity index (χ4v) is 3.21. The van der Waals surface area contributed by atoms with Crippen LogP contribution < -0.4 is 10.1 Å². The summed E-state index contributed by atoms with van der Waals surface area (Å²) < 4.78 is 57.5. The third kappa shape index (κ3) is 4.27. The van der Waals surface area contributed by atoms with Gasteiger partial charge in [-0.05, 0) is 25.1 Å². The Morgan fingerprint density at radius 3 is 2.87 bits per heavy atom. The van der Waals surface area contributed by atoms with Gasteiger partial charge in [0.2, 0.25) is 0 Å². The summed E-state index contributed by atoms with van der Waals surface area (Å²) in [6.45, 7) is 1.22. The summed E-state index contributed by atoms with van der Waals surface area (Å²) in [4.78, 5) is 23.4. The summed E-state index contributed by atoms with van der Waals surface area (Å²) in [7, 11) is 1.66. The van der Waals surface area contributed by atoms with Crippen LogP contribution in [0.5, 0.6) is 5.75 Å². The first-order valence-electron chi connectivity index (χ1n) is 9.12. The van der Waals surface area contributed by atoms with E-state index < -0.39 is 30.5 Å². The van der Waals surface area contributed by atoms with E-state index in [4.69, 9.17) is 4.74 Å². The normalized spacial score (nSPS) is 13.0. The molecule has 3 heterocycles. The highest BCUT2D eigenvalue weighted by atomic mass is 19.4. The summed E-state index contributed by atoms with van der Waals surface area (Å²) in [5.41, 5.74) is 1.85. The first-order chi connectivity index (χ1) is 14.6. The maximum absolute atomic E-state index is 13.6. The zero-order valence-electron chi connectivity index (χ0n) is 16.3. The van der Waals surface area contributed by atoms with Crippen LogP contribution in [0, 0.1) is 5.82 Å². The molecule has 0 aliphatic rings. The molecule has 0 bridgehead atoms. The Kier molecular flexibility index (Phi) is 4.99. The quantitative estimate of drug-likeness (QED) is 0.470. The summed E-state index contributed by atoms with van der Waals surface area (Å²) in [6.07, 6.45) is -3.87. The van der Waals surface area contributed by atoms with Gasteiger partial charge in [0, 0.05) is 24.7 Å². The molecule has 4 aromatic rings. The molecule has 0 aliphatic heterocycles. The smallest absolute Gasteiger partial charge is 0.406 e. The van der Waals surface area contributed by atoms with E-state index in [1.807, 2.05) is 0 Å². The van der Waals surface area contributed by atoms with Crippen molar-refractivity contribution in [3.8, 4) is 17.1 Å². The van der Waals surface area contributed by atoms with Crippen molar-refractivity contribution in [3.05, 3.63) is 36.4 Å². The number of aromatic amines is 1. The second kappa shape index (κ2) is 7.52. The first-order valence-corrected chi connectivity index (χ1v) is 9.12. The zero-order chi connectivity index (χ0) is 22.3. The average molecular weight is 436 g/mol. The van der Waals surface area contributed by atoms with Gasteiger partial charge in [0.25, 0.3) is 0 Å². The molecule has 1 atom stereocenters. The van der Waals surface area contributed by atoms with Crippen molar-refractivity contribution in [2.75, 3.05) is 0 Å². The zero-order valence-corrected chi connectivity index (χ0v) is 16.3. The van der Waals surface area contributed by atoms with Crippen molar-refractivity contribution in [1.82, 2.24) is 30.0 Å². The van der Waals surface area contributed by atoms with E-state index in [0.717, 1.165) is 0 Å². The SMILES string of the molecule is CC(CC(F)(F)F)NC(=O)Oc1c[nH]c2ncc(-c3nn(C)c4cc(F)ccc34)nc12. The lowest BCUT2D eigenvalue weighted by Gasteiger charge is -2.15. The average Bonchev–Trinajstić information content (AvgIpc) is 3.20. The lowest BCUT2D eigenvalue weighted by molar-refractivity contribution is -0.138. The molecule has 12 heteroatoms. The number of aromatic nitrogens is 5. The number of amides is 1. The van der Waals surface area contributed by atoms with Gasteiger partial charge in [-0.1, -0.05) is 0 Å². The lowest BCUT2D eigenvalue weighted by Crippen LogP contribution is -2.37. The van der Waals surface area contributed by atoms with Crippen LogP contribution in [0.15, 0.2) is 30.6 Å². The third-order valence-corrected chi connectivity index (χ3v) is 4.51. The van der Waals surface area contributed by atoms with Crippen LogP contribution in [-0.4, -0.2) is 43.0 Å². The summed E-state index contributed by atoms with van der Waals surface area (Å²) >= 11 is 0. The van der Waals surface area contributed by atoms with Crippen LogP contribution in [-0.2, 0) is 7.05 Å². The van der Waals surface area contributed by atoms with Crippen LogP contribution in [0.25, 0.3) is 33.5 Å². The monoisotopic (exact) mass is 436 g/mol. The number of halogens is 4. The minimum absolute atomic E-state index is 0.00709. The number of nitrogens with zero attached hydrogens (tertiary/aromatic N) is 4. The van der Waals surface area contributed by atoms with Gasteiger partial charge >= 0.3 is 12.3 Å². The van der Waals surface area contributed by atoms with E-state index in [1.165, 1.54) is 36.1 Å². The number of alkyl halides is 3. The van der Waals surface area contributed by atoms with Crippen LogP contribution >= 0.6 is 0 Å². The Bertz CT molecular complexity index is 1280. The highest BCUT2D eigenvalue weighted by molar-refractivity contribution is 5.93. The Balaban J connectivity index is 1.62. The van der Waals surface area contributed by atoms with Gasteiger partial charge in [0.1, 0.15) is 17.2 Å². The largest absolute Gasteiger partial charge is 0.412 e. The molecule has 8 nitrogen and oxygen atoms in total. The van der Waals surface area contributed by atoms with Crippen molar-refractivity contribution in [3.63, 3.8) is 0 Å². The molecule has 0 radical (unpaired) electrons. The summed E-state index contributed by atoms with van der Waals surface area (Å²) in [6, 6.07) is 3.05. The van der Waals surface area contributed by atoms with Gasteiger partial charge in [0.05, 0.1) is 18.1 Å². The maximum Gasteiger partial charge on any atom is 0.412 e. The second-order valence-electron chi connectivity index (χ2n) is 6.99. The fraction of sp³-hybridized carbons (Fsp3) is 0.263. The number of carbonyl (C=O) groups is 1. The van der Waals surface area contributed by atoms with Gasteiger partial charge in [-0.15, -0.1) is 0 Å². The van der Waals surface area contributed by atoms with E-state index in [0.29, 0.717) is 27.9 Å². The molecule has 31 heavy (non-hydrogen) atoms. The number of ether oxygens (including phenoxy) is 1. The molecule has 1 amide bonds. The molecular formula is C19H16F4N6O2. The van der Waals surface area contributed by atoms with Gasteiger partial charge in [0.15, 0.2) is 16.9 Å². The molecule has 162 valence electrons. The number of hydrogen-bond acceptors (Lipinski definition) is 5. The standard InChI is InChI=1S/C19H16F4N6O2/c1-9(6-19(21,22)23)26-18(30)31-14-8-25-17-16(14)27-12(7-24-17)15-11-4-3-10(20)5-13(11)29(2)28-15/h3-5,7-9H,6H2,1-2H3,(H,24,25)(H,26,30). The van der Waals surface area contributed by atoms with E-state index in [1.54, 1.807) is 13.1 Å². The lowest BCUT2D eigenvalue weighted by atomic mass is 10.1. The number of benzene rings is 1. The highest BCUT2D eigenvalue weighted by Gasteiger charge is 2.31. The van der Waals surface area contributed by atoms with Crippen molar-refractivity contribution in [2.45, 2.75) is 25.6 Å². The van der Waals surface area contributed by atoms with Gasteiger partial charge < -0.3 is 15.0 Å². The number of aryl methyl sites for hydroxylation is 1. The first kappa shape index (κ1) is 20.6. The number of rotatable bonds is 4. The number of hydrogen-bond donors (Lipinski definition) is 2. The number of nitrogens with one attached hydrogen (secondary N) is 2. The van der Waals surface area contributed by atoms with Gasteiger partial charge in [-0.25, -0.2) is 19.2 Å². The minimum Gasteiger partial charge on any atom is -0.406 e. The van der Waals surface area contributed by atoms with Crippen LogP contribution in [0.2, 0.25) is 0 Å². The van der Waals surface area contributed by atoms with Crippen molar-refractivity contribution in [2.24, 2.45) is 7.05 Å². The Morgan fingerprint density at radius 2 is 2.13 bits per heavy atom. The summed E-state index contributed by atoms with van der Waals surface area (Å²) in [5.74, 6) is -0.414. The van der Waals surface area contributed by atoms with Crippen molar-refractivity contribution < 1.29 is 27.1 Å². The van der Waals surface area contributed by atoms with Gasteiger partial charge in [-0.3, -0.25) is 4.68 Å². The minimum atomic E-state index is -4.41. The Labute approximate surface area is 172 Å². The molecular weight excluding hydrogens is 420 g/mol. The highest BCUT2D eigenvalue weighted by Crippen LogP contribution is 2.30. The Morgan fingerprint density at radius 1 is 1.35 bits per heavy atom. The maximum atomic E-state index is 13.6. The number of carbonyl (C=O) groups excluding carboxylic acids is 1. The molecule has 0 spiro atoms. The molecule has 0 aliphatic carbocycles. The van der Waals surface area contributed by atoms with E-state index in [2.05, 4.69) is 25.4 Å². The molecule has 0 saturated carbocycles. The summed E-state index contributed by atoms with van der Waals surface area (Å²) in [5, 5.41) is 7.14. The molecule has 3 aromatic heterocycles. The van der Waals surface area contributed by atoms with Crippen LogP contribution in [0.1, 0.15) is 13.3 Å². The molecule has 0 saturated heterocycles. The topological polar surface area (TPSA) is 97.7 Å². The molecule has 1 unspecified atom stereocenters. The predicted octanol–water partition coefficient (Wildman–Crippen LogP) is 4.08. The predicted molar refractivity (Wildman–Crippen MR) is 103 cm³/mol. The van der Waals surface area contributed by atoms with Crippen molar-refractivity contribution >= 4 is 28.2 Å². The molecule has 2 N–H and O–H groups in total. The van der Waals surface area contributed by atoms with Crippen LogP contribution in [0.4, 0.5) is 22.4 Å². The number of H-pyrrole nitrogens is 1. The van der Waals surface area contributed by atoms with Gasteiger partial charge in [-0.2, -0.15) is 18.3 Å². The second-order valence-corrected chi connectivity index (χ2v) is 6.99. The van der Waals surface area contributed by atoms with Crippen LogP contribution in [0.3, 0.4) is 0 Å². The van der Waals surface area contributed by atoms with Crippen molar-refractivity contribution in [1.29, 1.82) is 0 Å². The fourth-order valence-electron chi connectivity index (χ4n) is 3.21. The van der Waals surface area contributed by atoms with E-state index >= 15 is 0 Å². The Hall–Kier alpha value is -3.70. The van der Waals surface area contributed by atoms with E-state index in [9.17, 15) is 22.4 Å². The number of fused-ring (bicyclic) bond motifs is 2. The molecule has 0 fully saturated rings. The molecule has 4 rings (SSSR count). The molecule has 1 aromatic carbocycles. The third-order valence-electron chi connectivity index (χ3n) is 4.51.